The Morgan fingerprint density at radius 1 is 1.23 bits per heavy atom. The number of likely N-dealkylation sites (tertiary alicyclic amines) is 1. The lowest BCUT2D eigenvalue weighted by atomic mass is 9.82. The maximum Gasteiger partial charge on any atom is 0.252 e. The predicted octanol–water partition coefficient (Wildman–Crippen LogP) is 2.61. The second-order valence-corrected chi connectivity index (χ2v) is 7.19. The van der Waals surface area contributed by atoms with Crippen molar-refractivity contribution in [2.75, 3.05) is 13.1 Å². The minimum absolute atomic E-state index is 0.0258. The van der Waals surface area contributed by atoms with Gasteiger partial charge in [-0.2, -0.15) is 0 Å². The lowest BCUT2D eigenvalue weighted by Crippen LogP contribution is -2.37. The zero-order valence-electron chi connectivity index (χ0n) is 13.5. The zero-order valence-corrected chi connectivity index (χ0v) is 13.5. The molecule has 2 aromatic rings. The highest BCUT2D eigenvalue weighted by Gasteiger charge is 2.25. The number of rotatable bonds is 3. The highest BCUT2D eigenvalue weighted by molar-refractivity contribution is 5.79. The number of nitrogens with zero attached hydrogens (tertiary/aromatic N) is 1. The van der Waals surface area contributed by atoms with Crippen molar-refractivity contribution in [3.8, 4) is 0 Å². The van der Waals surface area contributed by atoms with E-state index in [0.29, 0.717) is 12.0 Å². The monoisotopic (exact) mass is 299 g/mol. The quantitative estimate of drug-likeness (QED) is 0.916. The van der Waals surface area contributed by atoms with Crippen molar-refractivity contribution < 1.29 is 0 Å². The third-order valence-corrected chi connectivity index (χ3v) is 4.82. The summed E-state index contributed by atoms with van der Waals surface area (Å²) in [5.41, 5.74) is 8.98. The molecule has 118 valence electrons. The number of hydrogen-bond acceptors (Lipinski definition) is 3. The van der Waals surface area contributed by atoms with Crippen LogP contribution in [0, 0.1) is 5.41 Å². The third kappa shape index (κ3) is 3.23. The molecule has 3 rings (SSSR count). The first-order valence-corrected chi connectivity index (χ1v) is 8.04. The molecular formula is C18H25N3O. The van der Waals surface area contributed by atoms with Crippen molar-refractivity contribution in [1.29, 1.82) is 0 Å². The normalized spacial score (nSPS) is 18.7. The molecule has 0 amide bonds. The van der Waals surface area contributed by atoms with Crippen molar-refractivity contribution >= 4 is 10.9 Å². The fourth-order valence-corrected chi connectivity index (χ4v) is 3.10. The molecular weight excluding hydrogens is 274 g/mol. The summed E-state index contributed by atoms with van der Waals surface area (Å²) in [6.45, 7) is 8.02. The third-order valence-electron chi connectivity index (χ3n) is 4.82. The molecule has 0 unspecified atom stereocenters. The molecule has 1 fully saturated rings. The maximum absolute atomic E-state index is 12.3. The molecule has 0 spiro atoms. The summed E-state index contributed by atoms with van der Waals surface area (Å²) in [7, 11) is 0. The molecule has 4 heteroatoms. The van der Waals surface area contributed by atoms with Crippen LogP contribution in [0.2, 0.25) is 0 Å². The largest absolute Gasteiger partial charge is 0.326 e. The molecule has 0 radical (unpaired) electrons. The van der Waals surface area contributed by atoms with E-state index in [4.69, 9.17) is 5.73 Å². The summed E-state index contributed by atoms with van der Waals surface area (Å²) >= 11 is 0. The van der Waals surface area contributed by atoms with Crippen LogP contribution in [0.4, 0.5) is 0 Å². The van der Waals surface area contributed by atoms with E-state index in [9.17, 15) is 4.79 Å². The highest BCUT2D eigenvalue weighted by atomic mass is 16.1. The van der Waals surface area contributed by atoms with Crippen LogP contribution in [0.3, 0.4) is 0 Å². The van der Waals surface area contributed by atoms with Crippen molar-refractivity contribution in [2.24, 2.45) is 11.1 Å². The first-order chi connectivity index (χ1) is 10.5. The average molecular weight is 299 g/mol. The van der Waals surface area contributed by atoms with Crippen LogP contribution in [-0.2, 0) is 13.1 Å². The summed E-state index contributed by atoms with van der Waals surface area (Å²) in [5, 5.41) is 1.06. The van der Waals surface area contributed by atoms with E-state index in [-0.39, 0.29) is 5.56 Å². The fraction of sp³-hybridized carbons (Fsp3) is 0.500. The summed E-state index contributed by atoms with van der Waals surface area (Å²) in [6, 6.07) is 7.98. The average Bonchev–Trinajstić information content (AvgIpc) is 2.49. The number of aromatic nitrogens is 1. The topological polar surface area (TPSA) is 62.1 Å². The number of piperidine rings is 1. The van der Waals surface area contributed by atoms with Crippen LogP contribution < -0.4 is 11.3 Å². The van der Waals surface area contributed by atoms with Crippen LogP contribution in [0.15, 0.2) is 29.1 Å². The van der Waals surface area contributed by atoms with E-state index in [1.165, 1.54) is 12.8 Å². The molecule has 22 heavy (non-hydrogen) atoms. The SMILES string of the molecule is CC1(C)CCN(Cc2cc3cc(CN)ccc3[nH]c2=O)CC1. The summed E-state index contributed by atoms with van der Waals surface area (Å²) in [5.74, 6) is 0. The number of pyridine rings is 1. The van der Waals surface area contributed by atoms with Gasteiger partial charge in [0.1, 0.15) is 0 Å². The van der Waals surface area contributed by atoms with Crippen molar-refractivity contribution in [1.82, 2.24) is 9.88 Å². The lowest BCUT2D eigenvalue weighted by molar-refractivity contribution is 0.126. The van der Waals surface area contributed by atoms with E-state index in [1.807, 2.05) is 18.2 Å². The molecule has 4 nitrogen and oxygen atoms in total. The number of H-pyrrole nitrogens is 1. The molecule has 1 aromatic carbocycles. The standard InChI is InChI=1S/C18H25N3O/c1-18(2)5-7-21(8-6-18)12-15-10-14-9-13(11-19)3-4-16(14)20-17(15)22/h3-4,9-10H,5-8,11-12,19H2,1-2H3,(H,20,22). The molecule has 1 aromatic heterocycles. The van der Waals surface area contributed by atoms with Crippen LogP contribution >= 0.6 is 0 Å². The summed E-state index contributed by atoms with van der Waals surface area (Å²) in [4.78, 5) is 17.7. The van der Waals surface area contributed by atoms with Gasteiger partial charge >= 0.3 is 0 Å². The molecule has 0 bridgehead atoms. The fourth-order valence-electron chi connectivity index (χ4n) is 3.10. The number of nitrogens with two attached hydrogens (primary N) is 1. The number of fused-ring (bicyclic) bond motifs is 1. The van der Waals surface area contributed by atoms with Crippen molar-refractivity contribution in [3.05, 3.63) is 45.7 Å². The second kappa shape index (κ2) is 5.86. The van der Waals surface area contributed by atoms with Gasteiger partial charge in [-0.1, -0.05) is 19.9 Å². The first kappa shape index (κ1) is 15.3. The molecule has 0 saturated carbocycles. The molecule has 1 saturated heterocycles. The molecule has 2 heterocycles. The van der Waals surface area contributed by atoms with Crippen LogP contribution in [0.25, 0.3) is 10.9 Å². The Bertz CT molecular complexity index is 723. The Morgan fingerprint density at radius 3 is 2.64 bits per heavy atom. The van der Waals surface area contributed by atoms with E-state index < -0.39 is 0 Å². The number of benzene rings is 1. The molecule has 0 atom stereocenters. The van der Waals surface area contributed by atoms with E-state index in [2.05, 4.69) is 29.8 Å². The molecule has 0 aliphatic carbocycles. The smallest absolute Gasteiger partial charge is 0.252 e. The zero-order chi connectivity index (χ0) is 15.7. The Morgan fingerprint density at radius 2 is 1.95 bits per heavy atom. The van der Waals surface area contributed by atoms with Gasteiger partial charge in [-0.05, 0) is 60.5 Å². The predicted molar refractivity (Wildman–Crippen MR) is 90.8 cm³/mol. The molecule has 3 N–H and O–H groups in total. The van der Waals surface area contributed by atoms with Gasteiger partial charge in [0, 0.05) is 24.2 Å². The highest BCUT2D eigenvalue weighted by Crippen LogP contribution is 2.30. The minimum Gasteiger partial charge on any atom is -0.326 e. The first-order valence-electron chi connectivity index (χ1n) is 8.04. The van der Waals surface area contributed by atoms with Gasteiger partial charge in [0.2, 0.25) is 0 Å². The van der Waals surface area contributed by atoms with Gasteiger partial charge in [-0.3, -0.25) is 9.69 Å². The summed E-state index contributed by atoms with van der Waals surface area (Å²) < 4.78 is 0. The van der Waals surface area contributed by atoms with Gasteiger partial charge in [0.25, 0.3) is 5.56 Å². The Labute approximate surface area is 131 Å². The van der Waals surface area contributed by atoms with Crippen LogP contribution in [0.5, 0.6) is 0 Å². The van der Waals surface area contributed by atoms with Gasteiger partial charge < -0.3 is 10.7 Å². The number of hydrogen-bond donors (Lipinski definition) is 2. The van der Waals surface area contributed by atoms with Gasteiger partial charge in [0.05, 0.1) is 0 Å². The molecule has 1 aliphatic rings. The van der Waals surface area contributed by atoms with Crippen molar-refractivity contribution in [2.45, 2.75) is 39.8 Å². The minimum atomic E-state index is 0.0258. The Balaban J connectivity index is 1.84. The van der Waals surface area contributed by atoms with Gasteiger partial charge in [0.15, 0.2) is 0 Å². The van der Waals surface area contributed by atoms with Gasteiger partial charge in [-0.15, -0.1) is 0 Å². The van der Waals surface area contributed by atoms with E-state index in [1.54, 1.807) is 0 Å². The maximum atomic E-state index is 12.3. The Kier molecular flexibility index (Phi) is 4.06. The van der Waals surface area contributed by atoms with Gasteiger partial charge in [-0.25, -0.2) is 0 Å². The second-order valence-electron chi connectivity index (χ2n) is 7.19. The van der Waals surface area contributed by atoms with Crippen LogP contribution in [-0.4, -0.2) is 23.0 Å². The van der Waals surface area contributed by atoms with E-state index >= 15 is 0 Å². The Hall–Kier alpha value is -1.65. The molecule has 1 aliphatic heterocycles. The lowest BCUT2D eigenvalue weighted by Gasteiger charge is -2.36. The summed E-state index contributed by atoms with van der Waals surface area (Å²) in [6.07, 6.45) is 2.38. The van der Waals surface area contributed by atoms with Crippen LogP contribution in [0.1, 0.15) is 37.8 Å². The number of nitrogens with one attached hydrogen (secondary N) is 1. The van der Waals surface area contributed by atoms with Crippen molar-refractivity contribution in [3.63, 3.8) is 0 Å². The van der Waals surface area contributed by atoms with E-state index in [0.717, 1.165) is 41.7 Å². The number of aromatic amines is 1.